The summed E-state index contributed by atoms with van der Waals surface area (Å²) in [4.78, 5) is 11.6. The lowest BCUT2D eigenvalue weighted by molar-refractivity contribution is -0.145. The normalized spacial score (nSPS) is 11.0. The summed E-state index contributed by atoms with van der Waals surface area (Å²) in [6, 6.07) is 14.8. The van der Waals surface area contributed by atoms with Crippen LogP contribution < -0.4 is 9.04 Å². The van der Waals surface area contributed by atoms with Gasteiger partial charge in [-0.2, -0.15) is 0 Å². The minimum absolute atomic E-state index is 0.217. The van der Waals surface area contributed by atoms with Crippen LogP contribution in [0, 0.1) is 0 Å². The van der Waals surface area contributed by atoms with Crippen molar-refractivity contribution in [3.05, 3.63) is 54.6 Å². The number of hydrogen-bond acceptors (Lipinski definition) is 5. The molecule has 0 atom stereocenters. The smallest absolute Gasteiger partial charge is 0.344 e. The molecule has 0 heterocycles. The Balaban J connectivity index is 2.24. The van der Waals surface area contributed by atoms with Crippen molar-refractivity contribution in [1.82, 2.24) is 0 Å². The SMILES string of the molecule is CCOC(=O)COc1cccc(N(CC)S(=O)(=O)c2ccccc2)c1. The molecule has 0 radical (unpaired) electrons. The summed E-state index contributed by atoms with van der Waals surface area (Å²) >= 11 is 0. The van der Waals surface area contributed by atoms with Gasteiger partial charge >= 0.3 is 5.97 Å². The molecule has 25 heavy (non-hydrogen) atoms. The summed E-state index contributed by atoms with van der Waals surface area (Å²) in [6.45, 7) is 3.79. The van der Waals surface area contributed by atoms with Crippen molar-refractivity contribution in [2.24, 2.45) is 0 Å². The molecule has 6 nitrogen and oxygen atoms in total. The number of benzene rings is 2. The van der Waals surface area contributed by atoms with E-state index in [1.165, 1.54) is 4.31 Å². The van der Waals surface area contributed by atoms with Crippen LogP contribution >= 0.6 is 0 Å². The fraction of sp³-hybridized carbons (Fsp3) is 0.278. The number of ether oxygens (including phenoxy) is 2. The molecule has 0 aliphatic rings. The quantitative estimate of drug-likeness (QED) is 0.674. The number of nitrogens with zero attached hydrogens (tertiary/aromatic N) is 1. The van der Waals surface area contributed by atoms with Gasteiger partial charge in [0.2, 0.25) is 0 Å². The van der Waals surface area contributed by atoms with Crippen LogP contribution in [0.25, 0.3) is 0 Å². The first-order chi connectivity index (χ1) is 12.0. The van der Waals surface area contributed by atoms with E-state index in [4.69, 9.17) is 9.47 Å². The van der Waals surface area contributed by atoms with Crippen LogP contribution in [0.2, 0.25) is 0 Å². The molecule has 134 valence electrons. The van der Waals surface area contributed by atoms with E-state index in [1.54, 1.807) is 68.4 Å². The van der Waals surface area contributed by atoms with Crippen LogP contribution in [0.5, 0.6) is 5.75 Å². The molecule has 0 N–H and O–H groups in total. The second-order valence-electron chi connectivity index (χ2n) is 5.07. The van der Waals surface area contributed by atoms with Crippen molar-refractivity contribution >= 4 is 21.7 Å². The molecule has 2 aromatic rings. The van der Waals surface area contributed by atoms with Crippen molar-refractivity contribution in [2.75, 3.05) is 24.1 Å². The maximum Gasteiger partial charge on any atom is 0.344 e. The van der Waals surface area contributed by atoms with E-state index >= 15 is 0 Å². The van der Waals surface area contributed by atoms with Crippen molar-refractivity contribution in [3.8, 4) is 5.75 Å². The molecule has 0 unspecified atom stereocenters. The van der Waals surface area contributed by atoms with E-state index in [2.05, 4.69) is 0 Å². The fourth-order valence-electron chi connectivity index (χ4n) is 2.28. The molecule has 0 bridgehead atoms. The molecule has 2 aromatic carbocycles. The van der Waals surface area contributed by atoms with Crippen LogP contribution in [0.15, 0.2) is 59.5 Å². The predicted molar refractivity (Wildman–Crippen MR) is 95.2 cm³/mol. The van der Waals surface area contributed by atoms with Crippen LogP contribution in [0.3, 0.4) is 0 Å². The van der Waals surface area contributed by atoms with Gasteiger partial charge in [0.1, 0.15) is 5.75 Å². The molecule has 0 aromatic heterocycles. The predicted octanol–water partition coefficient (Wildman–Crippen LogP) is 2.84. The second kappa shape index (κ2) is 8.53. The molecule has 7 heteroatoms. The van der Waals surface area contributed by atoms with Crippen molar-refractivity contribution in [1.29, 1.82) is 0 Å². The maximum atomic E-state index is 12.8. The van der Waals surface area contributed by atoms with Crippen LogP contribution in [0.1, 0.15) is 13.8 Å². The highest BCUT2D eigenvalue weighted by Gasteiger charge is 2.23. The average molecular weight is 363 g/mol. The Labute approximate surface area is 148 Å². The van der Waals surface area contributed by atoms with Gasteiger partial charge in [-0.05, 0) is 38.1 Å². The fourth-order valence-corrected chi connectivity index (χ4v) is 3.77. The number of sulfonamides is 1. The van der Waals surface area contributed by atoms with Crippen molar-refractivity contribution < 1.29 is 22.7 Å². The van der Waals surface area contributed by atoms with Gasteiger partial charge < -0.3 is 9.47 Å². The minimum atomic E-state index is -3.67. The van der Waals surface area contributed by atoms with E-state index in [1.807, 2.05) is 0 Å². The molecule has 0 spiro atoms. The molecule has 0 saturated heterocycles. The summed E-state index contributed by atoms with van der Waals surface area (Å²) in [5.41, 5.74) is 0.465. The Morgan fingerprint density at radius 3 is 2.40 bits per heavy atom. The van der Waals surface area contributed by atoms with Gasteiger partial charge in [-0.3, -0.25) is 4.31 Å². The lowest BCUT2D eigenvalue weighted by atomic mass is 10.3. The third-order valence-electron chi connectivity index (χ3n) is 3.39. The molecular weight excluding hydrogens is 342 g/mol. The molecule has 0 aliphatic carbocycles. The monoisotopic (exact) mass is 363 g/mol. The summed E-state index contributed by atoms with van der Waals surface area (Å²) < 4.78 is 37.1. The topological polar surface area (TPSA) is 72.9 Å². The highest BCUT2D eigenvalue weighted by Crippen LogP contribution is 2.26. The Kier molecular flexibility index (Phi) is 6.41. The summed E-state index contributed by atoms with van der Waals surface area (Å²) in [5.74, 6) is -0.0792. The number of hydrogen-bond donors (Lipinski definition) is 0. The molecular formula is C18H21NO5S. The van der Waals surface area contributed by atoms with E-state index in [0.29, 0.717) is 11.4 Å². The Morgan fingerprint density at radius 1 is 1.04 bits per heavy atom. The van der Waals surface area contributed by atoms with E-state index < -0.39 is 16.0 Å². The van der Waals surface area contributed by atoms with Gasteiger partial charge in [0.15, 0.2) is 6.61 Å². The van der Waals surface area contributed by atoms with Crippen molar-refractivity contribution in [2.45, 2.75) is 18.7 Å². The first-order valence-corrected chi connectivity index (χ1v) is 9.39. The van der Waals surface area contributed by atoms with Gasteiger partial charge in [-0.15, -0.1) is 0 Å². The first kappa shape index (κ1) is 18.8. The zero-order valence-corrected chi connectivity index (χ0v) is 15.0. The lowest BCUT2D eigenvalue weighted by Gasteiger charge is -2.23. The molecule has 0 saturated carbocycles. The molecule has 2 rings (SSSR count). The minimum Gasteiger partial charge on any atom is -0.482 e. The van der Waals surface area contributed by atoms with Gasteiger partial charge in [0.05, 0.1) is 17.2 Å². The van der Waals surface area contributed by atoms with E-state index in [-0.39, 0.29) is 24.7 Å². The highest BCUT2D eigenvalue weighted by atomic mass is 32.2. The number of carbonyl (C=O) groups excluding carboxylic acids is 1. The van der Waals surface area contributed by atoms with E-state index in [9.17, 15) is 13.2 Å². The number of anilines is 1. The average Bonchev–Trinajstić information content (AvgIpc) is 2.62. The highest BCUT2D eigenvalue weighted by molar-refractivity contribution is 7.92. The Bertz CT molecular complexity index is 805. The van der Waals surface area contributed by atoms with Gasteiger partial charge in [-0.1, -0.05) is 24.3 Å². The summed E-state index contributed by atoms with van der Waals surface area (Å²) in [5, 5.41) is 0. The zero-order chi connectivity index (χ0) is 18.3. The van der Waals surface area contributed by atoms with Gasteiger partial charge in [-0.25, -0.2) is 13.2 Å². The standard InChI is InChI=1S/C18H21NO5S/c1-3-19(25(21,22)17-11-6-5-7-12-17)15-9-8-10-16(13-15)24-14-18(20)23-4-2/h5-13H,3-4,14H2,1-2H3. The van der Waals surface area contributed by atoms with Crippen molar-refractivity contribution in [3.63, 3.8) is 0 Å². The van der Waals surface area contributed by atoms with Crippen LogP contribution in [-0.4, -0.2) is 34.1 Å². The Hall–Kier alpha value is -2.54. The molecule has 0 aliphatic heterocycles. The number of rotatable bonds is 8. The Morgan fingerprint density at radius 2 is 1.76 bits per heavy atom. The summed E-state index contributed by atoms with van der Waals surface area (Å²) in [6.07, 6.45) is 0. The second-order valence-corrected chi connectivity index (χ2v) is 6.94. The maximum absolute atomic E-state index is 12.8. The first-order valence-electron chi connectivity index (χ1n) is 7.95. The van der Waals surface area contributed by atoms with Gasteiger partial charge in [0, 0.05) is 12.6 Å². The zero-order valence-electron chi connectivity index (χ0n) is 14.2. The van der Waals surface area contributed by atoms with Crippen LogP contribution in [0.4, 0.5) is 5.69 Å². The number of esters is 1. The van der Waals surface area contributed by atoms with E-state index in [0.717, 1.165) is 0 Å². The molecule has 0 fully saturated rings. The van der Waals surface area contributed by atoms with Gasteiger partial charge in [0.25, 0.3) is 10.0 Å². The lowest BCUT2D eigenvalue weighted by Crippen LogP contribution is -2.30. The third-order valence-corrected chi connectivity index (χ3v) is 5.30. The largest absolute Gasteiger partial charge is 0.482 e. The number of carbonyl (C=O) groups is 1. The summed E-state index contributed by atoms with van der Waals surface area (Å²) in [7, 11) is -3.67. The molecule has 0 amide bonds. The van der Waals surface area contributed by atoms with Crippen LogP contribution in [-0.2, 0) is 19.6 Å². The third kappa shape index (κ3) is 4.73.